The molecule has 1 aromatic carbocycles. The number of hydrogen-bond donors (Lipinski definition) is 0. The van der Waals surface area contributed by atoms with E-state index in [0.29, 0.717) is 32.1 Å². The number of halogens is 1. The molecule has 7 nitrogen and oxygen atoms in total. The van der Waals surface area contributed by atoms with Crippen LogP contribution in [-0.2, 0) is 4.79 Å². The minimum atomic E-state index is -0.117. The molecule has 0 bridgehead atoms. The van der Waals surface area contributed by atoms with Gasteiger partial charge in [0.25, 0.3) is 0 Å². The van der Waals surface area contributed by atoms with Crippen LogP contribution in [0.3, 0.4) is 0 Å². The third kappa shape index (κ3) is 4.53. The number of rotatable bonds is 5. The molecule has 1 aromatic heterocycles. The second kappa shape index (κ2) is 8.41. The molecule has 0 saturated carbocycles. The van der Waals surface area contributed by atoms with Crippen molar-refractivity contribution < 1.29 is 14.3 Å². The summed E-state index contributed by atoms with van der Waals surface area (Å²) < 4.78 is 6.76. The molecule has 0 N–H and O–H groups in total. The lowest BCUT2D eigenvalue weighted by Crippen LogP contribution is -2.42. The van der Waals surface area contributed by atoms with Crippen molar-refractivity contribution in [2.45, 2.75) is 19.4 Å². The van der Waals surface area contributed by atoms with Crippen LogP contribution in [0.1, 0.15) is 12.0 Å². The van der Waals surface area contributed by atoms with E-state index in [2.05, 4.69) is 20.9 Å². The molecule has 4 rings (SSSR count). The minimum absolute atomic E-state index is 0.0426. The first-order valence-corrected chi connectivity index (χ1v) is 10.5. The number of urea groups is 1. The topological polar surface area (TPSA) is 66.0 Å². The first-order chi connectivity index (χ1) is 14.0. The Hall–Kier alpha value is -2.61. The van der Waals surface area contributed by atoms with Crippen LogP contribution in [0, 0.1) is 6.92 Å². The first-order valence-electron chi connectivity index (χ1n) is 9.69. The van der Waals surface area contributed by atoms with Crippen LogP contribution in [0.5, 0.6) is 5.88 Å². The Balaban J connectivity index is 1.30. The van der Waals surface area contributed by atoms with Gasteiger partial charge in [0.15, 0.2) is 0 Å². The first kappa shape index (κ1) is 19.7. The molecule has 8 heteroatoms. The highest BCUT2D eigenvalue weighted by atomic mass is 79.9. The lowest BCUT2D eigenvalue weighted by Gasteiger charge is -2.22. The Morgan fingerprint density at radius 1 is 1.17 bits per heavy atom. The monoisotopic (exact) mass is 458 g/mol. The van der Waals surface area contributed by atoms with Gasteiger partial charge < -0.3 is 14.5 Å². The van der Waals surface area contributed by atoms with Crippen LogP contribution in [0.25, 0.3) is 0 Å². The lowest BCUT2D eigenvalue weighted by molar-refractivity contribution is -0.130. The normalized spacial score (nSPS) is 19.2. The Morgan fingerprint density at radius 3 is 2.69 bits per heavy atom. The highest BCUT2D eigenvalue weighted by Gasteiger charge is 2.34. The zero-order valence-corrected chi connectivity index (χ0v) is 17.8. The van der Waals surface area contributed by atoms with Crippen LogP contribution < -0.4 is 9.64 Å². The number of benzene rings is 1. The summed E-state index contributed by atoms with van der Waals surface area (Å²) >= 11 is 3.35. The van der Waals surface area contributed by atoms with E-state index in [1.165, 1.54) is 0 Å². The SMILES string of the molecule is Cc1ccc(N2CCN(CC(=O)N3CCC(Oc4ccc(Br)cn4)C3)C2=O)cc1. The largest absolute Gasteiger partial charge is 0.472 e. The van der Waals surface area contributed by atoms with Gasteiger partial charge in [0.1, 0.15) is 12.6 Å². The molecular formula is C21H23BrN4O3. The van der Waals surface area contributed by atoms with Crippen molar-refractivity contribution in [2.24, 2.45) is 0 Å². The van der Waals surface area contributed by atoms with Crippen molar-refractivity contribution in [3.8, 4) is 5.88 Å². The average molecular weight is 459 g/mol. The molecule has 0 spiro atoms. The van der Waals surface area contributed by atoms with Crippen LogP contribution in [0.15, 0.2) is 47.1 Å². The quantitative estimate of drug-likeness (QED) is 0.690. The van der Waals surface area contributed by atoms with Gasteiger partial charge in [-0.05, 0) is 41.1 Å². The van der Waals surface area contributed by atoms with Gasteiger partial charge in [-0.15, -0.1) is 0 Å². The van der Waals surface area contributed by atoms with Crippen LogP contribution in [0.2, 0.25) is 0 Å². The van der Waals surface area contributed by atoms with Crippen LogP contribution in [0.4, 0.5) is 10.5 Å². The summed E-state index contributed by atoms with van der Waals surface area (Å²) in [4.78, 5) is 34.8. The van der Waals surface area contributed by atoms with Gasteiger partial charge in [-0.3, -0.25) is 9.69 Å². The summed E-state index contributed by atoms with van der Waals surface area (Å²) in [6, 6.07) is 11.4. The third-order valence-electron chi connectivity index (χ3n) is 5.25. The van der Waals surface area contributed by atoms with E-state index in [4.69, 9.17) is 4.74 Å². The zero-order chi connectivity index (χ0) is 20.4. The van der Waals surface area contributed by atoms with Crippen molar-refractivity contribution in [1.29, 1.82) is 0 Å². The fourth-order valence-electron chi connectivity index (χ4n) is 3.61. The average Bonchev–Trinajstić information content (AvgIpc) is 3.32. The Labute approximate surface area is 178 Å². The summed E-state index contributed by atoms with van der Waals surface area (Å²) in [7, 11) is 0. The standard InChI is InChI=1S/C21H23BrN4O3/c1-15-2-5-17(6-3-15)26-11-10-25(21(26)28)14-20(27)24-9-8-18(13-24)29-19-7-4-16(22)12-23-19/h2-7,12,18H,8-11,13-14H2,1H3. The van der Waals surface area contributed by atoms with Gasteiger partial charge in [0.05, 0.1) is 6.54 Å². The van der Waals surface area contributed by atoms with E-state index in [-0.39, 0.29) is 24.6 Å². The number of anilines is 1. The molecule has 0 aliphatic carbocycles. The lowest BCUT2D eigenvalue weighted by atomic mass is 10.2. The summed E-state index contributed by atoms with van der Waals surface area (Å²) in [5, 5.41) is 0. The van der Waals surface area contributed by atoms with E-state index in [0.717, 1.165) is 22.1 Å². The summed E-state index contributed by atoms with van der Waals surface area (Å²) in [6.07, 6.45) is 2.37. The second-order valence-corrected chi connectivity index (χ2v) is 8.29. The fourth-order valence-corrected chi connectivity index (χ4v) is 3.85. The highest BCUT2D eigenvalue weighted by molar-refractivity contribution is 9.10. The van der Waals surface area contributed by atoms with Gasteiger partial charge in [0.2, 0.25) is 11.8 Å². The number of hydrogen-bond acceptors (Lipinski definition) is 4. The van der Waals surface area contributed by atoms with E-state index in [1.807, 2.05) is 37.3 Å². The maximum Gasteiger partial charge on any atom is 0.325 e. The molecule has 1 unspecified atom stereocenters. The van der Waals surface area contributed by atoms with Gasteiger partial charge in [-0.2, -0.15) is 0 Å². The number of carbonyl (C=O) groups excluding carboxylic acids is 2. The summed E-state index contributed by atoms with van der Waals surface area (Å²) in [5.74, 6) is 0.509. The predicted molar refractivity (Wildman–Crippen MR) is 113 cm³/mol. The molecule has 152 valence electrons. The van der Waals surface area contributed by atoms with Crippen molar-refractivity contribution in [3.05, 3.63) is 52.6 Å². The molecule has 2 aliphatic rings. The number of aryl methyl sites for hydroxylation is 1. The van der Waals surface area contributed by atoms with Crippen molar-refractivity contribution in [2.75, 3.05) is 37.6 Å². The Bertz CT molecular complexity index is 888. The number of likely N-dealkylation sites (tertiary alicyclic amines) is 1. The smallest absolute Gasteiger partial charge is 0.325 e. The van der Waals surface area contributed by atoms with Crippen molar-refractivity contribution >= 4 is 33.6 Å². The third-order valence-corrected chi connectivity index (χ3v) is 5.72. The van der Waals surface area contributed by atoms with Gasteiger partial charge >= 0.3 is 6.03 Å². The zero-order valence-electron chi connectivity index (χ0n) is 16.3. The number of aromatic nitrogens is 1. The van der Waals surface area contributed by atoms with E-state index in [9.17, 15) is 9.59 Å². The molecule has 2 aromatic rings. The van der Waals surface area contributed by atoms with Gasteiger partial charge in [-0.25, -0.2) is 9.78 Å². The molecule has 2 saturated heterocycles. The number of pyridine rings is 1. The summed E-state index contributed by atoms with van der Waals surface area (Å²) in [5.41, 5.74) is 2.02. The second-order valence-electron chi connectivity index (χ2n) is 7.37. The van der Waals surface area contributed by atoms with E-state index < -0.39 is 0 Å². The maximum absolute atomic E-state index is 12.7. The van der Waals surface area contributed by atoms with Gasteiger partial charge in [-0.1, -0.05) is 17.7 Å². The number of ether oxygens (including phenoxy) is 1. The van der Waals surface area contributed by atoms with E-state index >= 15 is 0 Å². The van der Waals surface area contributed by atoms with Crippen LogP contribution >= 0.6 is 15.9 Å². The molecular weight excluding hydrogens is 436 g/mol. The highest BCUT2D eigenvalue weighted by Crippen LogP contribution is 2.22. The molecule has 2 fully saturated rings. The number of carbonyl (C=O) groups is 2. The number of nitrogens with zero attached hydrogens (tertiary/aromatic N) is 4. The molecule has 3 heterocycles. The maximum atomic E-state index is 12.7. The molecule has 3 amide bonds. The van der Waals surface area contributed by atoms with Crippen molar-refractivity contribution in [1.82, 2.24) is 14.8 Å². The molecule has 29 heavy (non-hydrogen) atoms. The Kier molecular flexibility index (Phi) is 5.71. The van der Waals surface area contributed by atoms with E-state index in [1.54, 1.807) is 27.0 Å². The minimum Gasteiger partial charge on any atom is -0.472 e. The van der Waals surface area contributed by atoms with Gasteiger partial charge in [0, 0.05) is 48.5 Å². The number of amides is 3. The summed E-state index contributed by atoms with van der Waals surface area (Å²) in [6.45, 7) is 4.40. The van der Waals surface area contributed by atoms with Crippen molar-refractivity contribution in [3.63, 3.8) is 0 Å². The molecule has 2 aliphatic heterocycles. The fraction of sp³-hybridized carbons (Fsp3) is 0.381. The van der Waals surface area contributed by atoms with Crippen LogP contribution in [-0.4, -0.2) is 65.5 Å². The predicted octanol–water partition coefficient (Wildman–Crippen LogP) is 3.07. The molecule has 0 radical (unpaired) electrons. The Morgan fingerprint density at radius 2 is 1.97 bits per heavy atom. The molecule has 1 atom stereocenters.